The molecule has 1 heterocycles. The number of hydrogen-bond donors (Lipinski definition) is 0. The molecule has 0 amide bonds. The number of hydrogen-bond acceptors (Lipinski definition) is 5. The summed E-state index contributed by atoms with van der Waals surface area (Å²) in [4.78, 5) is 12.9. The molecule has 0 atom stereocenters. The lowest BCUT2D eigenvalue weighted by Gasteiger charge is -2.34. The number of non-ortho nitro benzene ring substituents is 1. The van der Waals surface area contributed by atoms with E-state index in [1.807, 2.05) is 6.07 Å². The summed E-state index contributed by atoms with van der Waals surface area (Å²) < 4.78 is 27.7. The minimum absolute atomic E-state index is 0.0336. The van der Waals surface area contributed by atoms with E-state index in [1.54, 1.807) is 13.8 Å². The Kier molecular flexibility index (Phi) is 5.83. The maximum Gasteiger partial charge on any atom is 0.271 e. The molecule has 1 aliphatic rings. The smallest absolute Gasteiger partial charge is 0.271 e. The number of nitrogens with zero attached hydrogens (tertiary/aromatic N) is 3. The summed E-state index contributed by atoms with van der Waals surface area (Å²) in [6.07, 6.45) is 0. The maximum absolute atomic E-state index is 13.1. The molecule has 0 aromatic heterocycles. The molecule has 0 unspecified atom stereocenters. The predicted octanol–water partition coefficient (Wildman–Crippen LogP) is 3.03. The van der Waals surface area contributed by atoms with Crippen molar-refractivity contribution in [3.63, 3.8) is 0 Å². The first-order valence-electron chi connectivity index (χ1n) is 9.22. The molecule has 7 nitrogen and oxygen atoms in total. The van der Waals surface area contributed by atoms with Gasteiger partial charge in [0.1, 0.15) is 0 Å². The van der Waals surface area contributed by atoms with Gasteiger partial charge in [-0.3, -0.25) is 15.0 Å². The van der Waals surface area contributed by atoms with E-state index in [2.05, 4.69) is 30.0 Å². The SMILES string of the molecule is Cc1cccc(CN2CCN(S(=O)(=O)c3cc([N+](=O)[O-])cc(C)c3C)CC2)c1. The Balaban J connectivity index is 1.75. The van der Waals surface area contributed by atoms with Crippen molar-refractivity contribution in [2.24, 2.45) is 0 Å². The third kappa shape index (κ3) is 4.24. The second-order valence-corrected chi connectivity index (χ2v) is 9.22. The summed E-state index contributed by atoms with van der Waals surface area (Å²) in [5.41, 5.74) is 3.38. The third-order valence-electron chi connectivity index (χ3n) is 5.25. The molecule has 28 heavy (non-hydrogen) atoms. The average Bonchev–Trinajstić information content (AvgIpc) is 2.64. The number of benzene rings is 2. The molecule has 0 radical (unpaired) electrons. The van der Waals surface area contributed by atoms with Gasteiger partial charge in [0.2, 0.25) is 10.0 Å². The number of aryl methyl sites for hydroxylation is 2. The normalized spacial score (nSPS) is 16.2. The van der Waals surface area contributed by atoms with Gasteiger partial charge < -0.3 is 0 Å². The molecule has 1 fully saturated rings. The van der Waals surface area contributed by atoms with Crippen molar-refractivity contribution >= 4 is 15.7 Å². The van der Waals surface area contributed by atoms with Crippen molar-refractivity contribution in [3.05, 3.63) is 68.8 Å². The van der Waals surface area contributed by atoms with Crippen LogP contribution < -0.4 is 0 Å². The Bertz CT molecular complexity index is 997. The van der Waals surface area contributed by atoms with E-state index in [0.717, 1.165) is 6.54 Å². The van der Waals surface area contributed by atoms with E-state index in [-0.39, 0.29) is 10.6 Å². The molecular formula is C20H25N3O4S. The number of rotatable bonds is 5. The molecule has 1 aliphatic heterocycles. The lowest BCUT2D eigenvalue weighted by molar-refractivity contribution is -0.385. The van der Waals surface area contributed by atoms with Crippen LogP contribution in [0.5, 0.6) is 0 Å². The quantitative estimate of drug-likeness (QED) is 0.566. The van der Waals surface area contributed by atoms with Crippen LogP contribution >= 0.6 is 0 Å². The van der Waals surface area contributed by atoms with Crippen molar-refractivity contribution in [1.29, 1.82) is 0 Å². The van der Waals surface area contributed by atoms with Crippen molar-refractivity contribution in [2.45, 2.75) is 32.2 Å². The summed E-state index contributed by atoms with van der Waals surface area (Å²) in [6, 6.07) is 10.9. The van der Waals surface area contributed by atoms with Gasteiger partial charge in [0.25, 0.3) is 5.69 Å². The van der Waals surface area contributed by atoms with Crippen LogP contribution in [0.1, 0.15) is 22.3 Å². The highest BCUT2D eigenvalue weighted by Gasteiger charge is 2.31. The first kappa shape index (κ1) is 20.4. The fourth-order valence-corrected chi connectivity index (χ4v) is 5.26. The average molecular weight is 404 g/mol. The molecule has 3 rings (SSSR count). The first-order valence-corrected chi connectivity index (χ1v) is 10.7. The van der Waals surface area contributed by atoms with Gasteiger partial charge in [0, 0.05) is 44.9 Å². The summed E-state index contributed by atoms with van der Waals surface area (Å²) in [5.74, 6) is 0. The highest BCUT2D eigenvalue weighted by Crippen LogP contribution is 2.28. The zero-order chi connectivity index (χ0) is 20.5. The minimum atomic E-state index is -3.77. The molecule has 0 spiro atoms. The Labute approximate surface area is 165 Å². The van der Waals surface area contributed by atoms with Gasteiger partial charge >= 0.3 is 0 Å². The van der Waals surface area contributed by atoms with Gasteiger partial charge in [0.05, 0.1) is 9.82 Å². The van der Waals surface area contributed by atoms with Gasteiger partial charge in [-0.15, -0.1) is 0 Å². The summed E-state index contributed by atoms with van der Waals surface area (Å²) in [7, 11) is -3.77. The van der Waals surface area contributed by atoms with Gasteiger partial charge in [0.15, 0.2) is 0 Å². The van der Waals surface area contributed by atoms with Gasteiger partial charge in [-0.25, -0.2) is 8.42 Å². The molecular weight excluding hydrogens is 378 g/mol. The Morgan fingerprint density at radius 3 is 2.32 bits per heavy atom. The van der Waals surface area contributed by atoms with Gasteiger partial charge in [-0.05, 0) is 37.5 Å². The van der Waals surface area contributed by atoms with Crippen LogP contribution in [-0.4, -0.2) is 48.7 Å². The second kappa shape index (κ2) is 7.98. The van der Waals surface area contributed by atoms with Gasteiger partial charge in [-0.2, -0.15) is 4.31 Å². The topological polar surface area (TPSA) is 83.8 Å². The lowest BCUT2D eigenvalue weighted by Crippen LogP contribution is -2.48. The molecule has 0 aliphatic carbocycles. The highest BCUT2D eigenvalue weighted by atomic mass is 32.2. The fraction of sp³-hybridized carbons (Fsp3) is 0.400. The second-order valence-electron chi connectivity index (χ2n) is 7.31. The Hall–Kier alpha value is -2.29. The molecule has 8 heteroatoms. The fourth-order valence-electron chi connectivity index (χ4n) is 3.52. The molecule has 0 N–H and O–H groups in total. The van der Waals surface area contributed by atoms with Crippen LogP contribution in [-0.2, 0) is 16.6 Å². The molecule has 2 aromatic rings. The highest BCUT2D eigenvalue weighted by molar-refractivity contribution is 7.89. The van der Waals surface area contributed by atoms with Crippen LogP contribution in [0.25, 0.3) is 0 Å². The third-order valence-corrected chi connectivity index (χ3v) is 7.28. The largest absolute Gasteiger partial charge is 0.296 e. The number of piperazine rings is 1. The van der Waals surface area contributed by atoms with E-state index < -0.39 is 14.9 Å². The van der Waals surface area contributed by atoms with E-state index in [4.69, 9.17) is 0 Å². The van der Waals surface area contributed by atoms with E-state index in [9.17, 15) is 18.5 Å². The van der Waals surface area contributed by atoms with Crippen molar-refractivity contribution in [2.75, 3.05) is 26.2 Å². The Morgan fingerprint density at radius 2 is 1.71 bits per heavy atom. The van der Waals surface area contributed by atoms with Crippen LogP contribution in [0.3, 0.4) is 0 Å². The van der Waals surface area contributed by atoms with E-state index in [0.29, 0.717) is 37.3 Å². The van der Waals surface area contributed by atoms with Gasteiger partial charge in [-0.1, -0.05) is 29.8 Å². The molecule has 1 saturated heterocycles. The summed E-state index contributed by atoms with van der Waals surface area (Å²) in [5, 5.41) is 11.2. The lowest BCUT2D eigenvalue weighted by atomic mass is 10.1. The van der Waals surface area contributed by atoms with Crippen LogP contribution in [0.4, 0.5) is 5.69 Å². The van der Waals surface area contributed by atoms with Crippen molar-refractivity contribution in [1.82, 2.24) is 9.21 Å². The van der Waals surface area contributed by atoms with Crippen molar-refractivity contribution < 1.29 is 13.3 Å². The predicted molar refractivity (Wildman–Crippen MR) is 108 cm³/mol. The molecule has 2 aromatic carbocycles. The minimum Gasteiger partial charge on any atom is -0.296 e. The van der Waals surface area contributed by atoms with Crippen molar-refractivity contribution in [3.8, 4) is 0 Å². The molecule has 0 bridgehead atoms. The van der Waals surface area contributed by atoms with Crippen LogP contribution in [0, 0.1) is 30.9 Å². The van der Waals surface area contributed by atoms with Crippen LogP contribution in [0.15, 0.2) is 41.3 Å². The standard InChI is InChI=1S/C20H25N3O4S/c1-15-5-4-6-18(11-15)14-21-7-9-22(10-8-21)28(26,27)20-13-19(23(24)25)12-16(2)17(20)3/h4-6,11-13H,7-10,14H2,1-3H3. The summed E-state index contributed by atoms with van der Waals surface area (Å²) >= 11 is 0. The van der Waals surface area contributed by atoms with E-state index >= 15 is 0 Å². The summed E-state index contributed by atoms with van der Waals surface area (Å²) in [6.45, 7) is 8.22. The molecule has 0 saturated carbocycles. The first-order chi connectivity index (χ1) is 13.2. The Morgan fingerprint density at radius 1 is 1.04 bits per heavy atom. The monoisotopic (exact) mass is 403 g/mol. The maximum atomic E-state index is 13.1. The zero-order valence-corrected chi connectivity index (χ0v) is 17.2. The van der Waals surface area contributed by atoms with E-state index in [1.165, 1.54) is 27.6 Å². The van der Waals surface area contributed by atoms with Crippen LogP contribution in [0.2, 0.25) is 0 Å². The number of nitro benzene ring substituents is 1. The number of nitro groups is 1. The number of sulfonamides is 1. The molecule has 150 valence electrons. The zero-order valence-electron chi connectivity index (χ0n) is 16.4.